The molecule has 11 heavy (non-hydrogen) atoms. The molecule has 0 saturated heterocycles. The lowest BCUT2D eigenvalue weighted by molar-refractivity contribution is -0.141. The SMILES string of the molecule is C/C=C/C(=O)OC(C)N=C=O. The topological polar surface area (TPSA) is 55.7 Å². The number of ether oxygens (including phenoxy) is 1. The van der Waals surface area contributed by atoms with Crippen molar-refractivity contribution in [2.75, 3.05) is 0 Å². The Balaban J connectivity index is 3.84. The molecule has 0 heterocycles. The number of rotatable bonds is 3. The van der Waals surface area contributed by atoms with Crippen molar-refractivity contribution < 1.29 is 14.3 Å². The fourth-order valence-electron chi connectivity index (χ4n) is 0.444. The zero-order chi connectivity index (χ0) is 8.69. The first-order valence-corrected chi connectivity index (χ1v) is 3.11. The van der Waals surface area contributed by atoms with Crippen LogP contribution in [0.5, 0.6) is 0 Å². The zero-order valence-corrected chi connectivity index (χ0v) is 6.40. The molecule has 1 unspecified atom stereocenters. The minimum absolute atomic E-state index is 0.515. The molecule has 0 saturated carbocycles. The average molecular weight is 155 g/mol. The van der Waals surface area contributed by atoms with Gasteiger partial charge in [0.15, 0.2) is 0 Å². The molecule has 4 heteroatoms. The van der Waals surface area contributed by atoms with Crippen LogP contribution in [0.15, 0.2) is 17.1 Å². The van der Waals surface area contributed by atoms with Crippen LogP contribution in [0.3, 0.4) is 0 Å². The first-order chi connectivity index (χ1) is 5.20. The molecule has 0 radical (unpaired) electrons. The molecule has 0 aromatic carbocycles. The molecule has 60 valence electrons. The normalized spacial score (nSPS) is 12.2. The molecule has 4 nitrogen and oxygen atoms in total. The standard InChI is InChI=1S/C7H9NO3/c1-3-4-7(10)11-6(2)8-5-9/h3-4,6H,1-2H3/b4-3+. The molecule has 0 aliphatic rings. The van der Waals surface area contributed by atoms with Gasteiger partial charge in [-0.2, -0.15) is 4.99 Å². The van der Waals surface area contributed by atoms with Gasteiger partial charge < -0.3 is 4.74 Å². The summed E-state index contributed by atoms with van der Waals surface area (Å²) < 4.78 is 4.58. The third-order valence-electron chi connectivity index (χ3n) is 0.824. The fraction of sp³-hybridized carbons (Fsp3) is 0.429. The van der Waals surface area contributed by atoms with E-state index < -0.39 is 12.2 Å². The molecule has 0 aliphatic heterocycles. The Bertz CT molecular complexity index is 204. The molecule has 0 aromatic rings. The van der Waals surface area contributed by atoms with Crippen molar-refractivity contribution in [3.63, 3.8) is 0 Å². The molecule has 0 aromatic heterocycles. The molecule has 0 amide bonds. The van der Waals surface area contributed by atoms with Crippen molar-refractivity contribution in [2.45, 2.75) is 20.1 Å². The van der Waals surface area contributed by atoms with E-state index in [1.807, 2.05) is 0 Å². The van der Waals surface area contributed by atoms with Crippen LogP contribution in [0.1, 0.15) is 13.8 Å². The van der Waals surface area contributed by atoms with E-state index in [1.54, 1.807) is 13.0 Å². The van der Waals surface area contributed by atoms with Crippen molar-refractivity contribution >= 4 is 12.0 Å². The Morgan fingerprint density at radius 3 is 2.82 bits per heavy atom. The summed E-state index contributed by atoms with van der Waals surface area (Å²) in [6, 6.07) is 0. The van der Waals surface area contributed by atoms with E-state index >= 15 is 0 Å². The molecule has 0 rings (SSSR count). The number of hydrogen-bond donors (Lipinski definition) is 0. The summed E-state index contributed by atoms with van der Waals surface area (Å²) in [4.78, 5) is 23.4. The second-order valence-corrected chi connectivity index (χ2v) is 1.76. The monoisotopic (exact) mass is 155 g/mol. The molecule has 0 N–H and O–H groups in total. The fourth-order valence-corrected chi connectivity index (χ4v) is 0.444. The molecule has 0 spiro atoms. The lowest BCUT2D eigenvalue weighted by atomic mass is 10.5. The van der Waals surface area contributed by atoms with Crippen LogP contribution in [0.4, 0.5) is 0 Å². The van der Waals surface area contributed by atoms with Gasteiger partial charge in [0.05, 0.1) is 0 Å². The van der Waals surface area contributed by atoms with Crippen LogP contribution in [0.2, 0.25) is 0 Å². The van der Waals surface area contributed by atoms with Crippen LogP contribution in [-0.2, 0) is 14.3 Å². The molecular formula is C7H9NO3. The van der Waals surface area contributed by atoms with Gasteiger partial charge in [-0.3, -0.25) is 0 Å². The van der Waals surface area contributed by atoms with Crippen molar-refractivity contribution in [3.05, 3.63) is 12.2 Å². The highest BCUT2D eigenvalue weighted by Crippen LogP contribution is 1.92. The summed E-state index contributed by atoms with van der Waals surface area (Å²) in [6.45, 7) is 3.17. The minimum atomic E-state index is -0.754. The predicted octanol–water partition coefficient (Wildman–Crippen LogP) is 0.788. The summed E-state index contributed by atoms with van der Waals surface area (Å²) in [7, 11) is 0. The number of aliphatic imine (C=N–C) groups is 1. The highest BCUT2D eigenvalue weighted by molar-refractivity contribution is 5.81. The molecule has 0 fully saturated rings. The summed E-state index contributed by atoms with van der Waals surface area (Å²) in [5.74, 6) is -0.515. The third kappa shape index (κ3) is 5.06. The third-order valence-corrected chi connectivity index (χ3v) is 0.824. The van der Waals surface area contributed by atoms with Gasteiger partial charge in [-0.1, -0.05) is 6.08 Å². The summed E-state index contributed by atoms with van der Waals surface area (Å²) in [6.07, 6.45) is 3.32. The van der Waals surface area contributed by atoms with E-state index in [0.29, 0.717) is 0 Å². The Labute approximate surface area is 64.6 Å². The first kappa shape index (κ1) is 9.59. The Hall–Kier alpha value is -1.41. The van der Waals surface area contributed by atoms with E-state index in [2.05, 4.69) is 9.73 Å². The molecular weight excluding hydrogens is 146 g/mol. The number of hydrogen-bond acceptors (Lipinski definition) is 4. The van der Waals surface area contributed by atoms with Gasteiger partial charge in [0.25, 0.3) is 0 Å². The largest absolute Gasteiger partial charge is 0.436 e. The van der Waals surface area contributed by atoms with E-state index in [1.165, 1.54) is 19.1 Å². The van der Waals surface area contributed by atoms with Crippen molar-refractivity contribution in [1.82, 2.24) is 0 Å². The van der Waals surface area contributed by atoms with Crippen molar-refractivity contribution in [3.8, 4) is 0 Å². The quantitative estimate of drug-likeness (QED) is 0.262. The maximum atomic E-state index is 10.6. The van der Waals surface area contributed by atoms with Crippen molar-refractivity contribution in [2.24, 2.45) is 4.99 Å². The molecule has 0 aliphatic carbocycles. The van der Waals surface area contributed by atoms with Crippen LogP contribution in [-0.4, -0.2) is 18.3 Å². The second kappa shape index (κ2) is 5.38. The number of isocyanates is 1. The zero-order valence-electron chi connectivity index (χ0n) is 6.40. The van der Waals surface area contributed by atoms with Gasteiger partial charge >= 0.3 is 5.97 Å². The van der Waals surface area contributed by atoms with Crippen LogP contribution in [0, 0.1) is 0 Å². The van der Waals surface area contributed by atoms with E-state index in [-0.39, 0.29) is 0 Å². The lowest BCUT2D eigenvalue weighted by Crippen LogP contribution is -2.09. The predicted molar refractivity (Wildman–Crippen MR) is 38.5 cm³/mol. The summed E-state index contributed by atoms with van der Waals surface area (Å²) >= 11 is 0. The number of carbonyl (C=O) groups excluding carboxylic acids is 2. The summed E-state index contributed by atoms with van der Waals surface area (Å²) in [5, 5.41) is 0. The Morgan fingerprint density at radius 2 is 2.36 bits per heavy atom. The van der Waals surface area contributed by atoms with Crippen LogP contribution in [0.25, 0.3) is 0 Å². The van der Waals surface area contributed by atoms with Gasteiger partial charge in [0, 0.05) is 6.08 Å². The van der Waals surface area contributed by atoms with Gasteiger partial charge in [0.2, 0.25) is 12.3 Å². The highest BCUT2D eigenvalue weighted by atomic mass is 16.6. The first-order valence-electron chi connectivity index (χ1n) is 3.11. The van der Waals surface area contributed by atoms with Crippen LogP contribution < -0.4 is 0 Å². The lowest BCUT2D eigenvalue weighted by Gasteiger charge is -2.02. The number of nitrogens with zero attached hydrogens (tertiary/aromatic N) is 1. The van der Waals surface area contributed by atoms with Gasteiger partial charge in [-0.05, 0) is 13.8 Å². The smallest absolute Gasteiger partial charge is 0.332 e. The van der Waals surface area contributed by atoms with E-state index in [0.717, 1.165) is 0 Å². The van der Waals surface area contributed by atoms with Crippen molar-refractivity contribution in [1.29, 1.82) is 0 Å². The second-order valence-electron chi connectivity index (χ2n) is 1.76. The van der Waals surface area contributed by atoms with Crippen LogP contribution >= 0.6 is 0 Å². The molecule has 1 atom stereocenters. The van der Waals surface area contributed by atoms with E-state index in [4.69, 9.17) is 0 Å². The van der Waals surface area contributed by atoms with Gasteiger partial charge in [-0.25, -0.2) is 9.59 Å². The number of esters is 1. The van der Waals surface area contributed by atoms with Gasteiger partial charge in [-0.15, -0.1) is 0 Å². The maximum Gasteiger partial charge on any atom is 0.332 e. The Morgan fingerprint density at radius 1 is 1.73 bits per heavy atom. The van der Waals surface area contributed by atoms with E-state index in [9.17, 15) is 9.59 Å². The number of allylic oxidation sites excluding steroid dienone is 1. The Kier molecular flexibility index (Phi) is 4.69. The van der Waals surface area contributed by atoms with Gasteiger partial charge in [0.1, 0.15) is 0 Å². The minimum Gasteiger partial charge on any atom is -0.436 e. The number of carbonyl (C=O) groups is 1. The average Bonchev–Trinajstić information content (AvgIpc) is 1.87. The molecule has 0 bridgehead atoms. The highest BCUT2D eigenvalue weighted by Gasteiger charge is 2.02. The maximum absolute atomic E-state index is 10.6. The summed E-state index contributed by atoms with van der Waals surface area (Å²) in [5.41, 5.74) is 0.